The van der Waals surface area contributed by atoms with Crippen LogP contribution in [0.1, 0.15) is 0 Å². The first-order chi connectivity index (χ1) is 7.63. The van der Waals surface area contributed by atoms with Crippen molar-refractivity contribution in [1.82, 2.24) is 4.98 Å². The fourth-order valence-electron chi connectivity index (χ4n) is 1.22. The largest absolute Gasteiger partial charge is 0.340 e. The second-order valence-electron chi connectivity index (χ2n) is 3.14. The van der Waals surface area contributed by atoms with Crippen molar-refractivity contribution in [1.29, 1.82) is 0 Å². The van der Waals surface area contributed by atoms with Gasteiger partial charge in [0.2, 0.25) is 0 Å². The summed E-state index contributed by atoms with van der Waals surface area (Å²) in [6.45, 7) is 0. The van der Waals surface area contributed by atoms with E-state index in [1.807, 2.05) is 6.07 Å². The molecule has 0 atom stereocenters. The molecule has 0 radical (unpaired) electrons. The first-order valence-corrected chi connectivity index (χ1v) is 5.65. The quantitative estimate of drug-likeness (QED) is 0.890. The molecule has 2 aromatic rings. The van der Waals surface area contributed by atoms with Crippen LogP contribution in [0.5, 0.6) is 0 Å². The summed E-state index contributed by atoms with van der Waals surface area (Å²) >= 11 is 9.02. The monoisotopic (exact) mass is 300 g/mol. The van der Waals surface area contributed by atoms with Crippen LogP contribution in [0.15, 0.2) is 41.0 Å². The van der Waals surface area contributed by atoms with E-state index in [0.717, 1.165) is 4.47 Å². The van der Waals surface area contributed by atoms with Crippen molar-refractivity contribution in [2.75, 3.05) is 5.32 Å². The smallest absolute Gasteiger partial charge is 0.130 e. The van der Waals surface area contributed by atoms with Crippen LogP contribution in [0, 0.1) is 5.82 Å². The Hall–Kier alpha value is -1.13. The van der Waals surface area contributed by atoms with E-state index in [4.69, 9.17) is 11.6 Å². The summed E-state index contributed by atoms with van der Waals surface area (Å²) in [5, 5.41) is 3.30. The molecule has 0 aliphatic carbocycles. The Balaban J connectivity index is 2.23. The maximum absolute atomic E-state index is 13.0. The SMILES string of the molecule is Fc1cc(Cl)cc(Nc2ccc(Br)cn2)c1. The van der Waals surface area contributed by atoms with Crippen LogP contribution in [0.4, 0.5) is 15.9 Å². The third-order valence-corrected chi connectivity index (χ3v) is 2.55. The maximum Gasteiger partial charge on any atom is 0.130 e. The molecule has 5 heteroatoms. The lowest BCUT2D eigenvalue weighted by molar-refractivity contribution is 0.628. The fraction of sp³-hybridized carbons (Fsp3) is 0. The van der Waals surface area contributed by atoms with Crippen molar-refractivity contribution >= 4 is 39.0 Å². The van der Waals surface area contributed by atoms with Gasteiger partial charge in [0.05, 0.1) is 0 Å². The van der Waals surface area contributed by atoms with E-state index in [1.54, 1.807) is 18.3 Å². The lowest BCUT2D eigenvalue weighted by atomic mass is 10.3. The molecule has 0 saturated heterocycles. The Morgan fingerprint density at radius 3 is 2.69 bits per heavy atom. The number of nitrogens with zero attached hydrogens (tertiary/aromatic N) is 1. The summed E-state index contributed by atoms with van der Waals surface area (Å²) in [5.74, 6) is 0.247. The lowest BCUT2D eigenvalue weighted by Crippen LogP contribution is -1.93. The summed E-state index contributed by atoms with van der Waals surface area (Å²) in [6, 6.07) is 7.87. The predicted octanol–water partition coefficient (Wildman–Crippen LogP) is 4.38. The van der Waals surface area contributed by atoms with Gasteiger partial charge < -0.3 is 5.32 Å². The lowest BCUT2D eigenvalue weighted by Gasteiger charge is -2.06. The molecule has 82 valence electrons. The van der Waals surface area contributed by atoms with Gasteiger partial charge in [-0.05, 0) is 46.3 Å². The summed E-state index contributed by atoms with van der Waals surface area (Å²) < 4.78 is 13.9. The highest BCUT2D eigenvalue weighted by Gasteiger charge is 2.00. The minimum absolute atomic E-state index is 0.347. The van der Waals surface area contributed by atoms with Gasteiger partial charge in [0.1, 0.15) is 11.6 Å². The Morgan fingerprint density at radius 1 is 1.25 bits per heavy atom. The number of halogens is 3. The van der Waals surface area contributed by atoms with Gasteiger partial charge in [-0.1, -0.05) is 11.6 Å². The summed E-state index contributed by atoms with van der Waals surface area (Å²) in [7, 11) is 0. The Kier molecular flexibility index (Phi) is 3.41. The van der Waals surface area contributed by atoms with Crippen molar-refractivity contribution in [3.05, 3.63) is 51.8 Å². The number of benzene rings is 1. The zero-order valence-corrected chi connectivity index (χ0v) is 10.4. The van der Waals surface area contributed by atoms with Crippen molar-refractivity contribution in [3.63, 3.8) is 0 Å². The molecule has 2 nitrogen and oxygen atoms in total. The molecule has 1 N–H and O–H groups in total. The number of nitrogens with one attached hydrogen (secondary N) is 1. The second kappa shape index (κ2) is 4.80. The van der Waals surface area contributed by atoms with Crippen LogP contribution in [0.2, 0.25) is 5.02 Å². The van der Waals surface area contributed by atoms with E-state index in [1.165, 1.54) is 12.1 Å². The van der Waals surface area contributed by atoms with Crippen molar-refractivity contribution in [2.24, 2.45) is 0 Å². The van der Waals surface area contributed by atoms with Gasteiger partial charge in [-0.25, -0.2) is 9.37 Å². The normalized spacial score (nSPS) is 10.2. The van der Waals surface area contributed by atoms with Gasteiger partial charge in [-0.15, -0.1) is 0 Å². The molecule has 0 unspecified atom stereocenters. The summed E-state index contributed by atoms with van der Waals surface area (Å²) in [6.07, 6.45) is 1.66. The van der Waals surface area contributed by atoms with Crippen molar-refractivity contribution < 1.29 is 4.39 Å². The van der Waals surface area contributed by atoms with E-state index in [0.29, 0.717) is 16.5 Å². The molecule has 0 saturated carbocycles. The van der Waals surface area contributed by atoms with Crippen LogP contribution in [-0.2, 0) is 0 Å². The topological polar surface area (TPSA) is 24.9 Å². The van der Waals surface area contributed by atoms with Crippen LogP contribution in [0.3, 0.4) is 0 Å². The molecular weight excluding hydrogens is 294 g/mol. The molecule has 16 heavy (non-hydrogen) atoms. The van der Waals surface area contributed by atoms with E-state index >= 15 is 0 Å². The van der Waals surface area contributed by atoms with Crippen LogP contribution in [0.25, 0.3) is 0 Å². The highest BCUT2D eigenvalue weighted by Crippen LogP contribution is 2.21. The number of hydrogen-bond donors (Lipinski definition) is 1. The number of rotatable bonds is 2. The number of aromatic nitrogens is 1. The first-order valence-electron chi connectivity index (χ1n) is 4.48. The average molecular weight is 302 g/mol. The standard InChI is InChI=1S/C11H7BrClFN2/c12-7-1-2-11(15-6-7)16-10-4-8(13)3-9(14)5-10/h1-6H,(H,15,16). The first kappa shape index (κ1) is 11.4. The molecule has 1 heterocycles. The number of anilines is 2. The Bertz CT molecular complexity index is 482. The molecule has 0 fully saturated rings. The molecule has 0 aliphatic heterocycles. The second-order valence-corrected chi connectivity index (χ2v) is 4.50. The highest BCUT2D eigenvalue weighted by atomic mass is 79.9. The van der Waals surface area contributed by atoms with Gasteiger partial charge in [-0.2, -0.15) is 0 Å². The van der Waals surface area contributed by atoms with Gasteiger partial charge >= 0.3 is 0 Å². The van der Waals surface area contributed by atoms with E-state index in [9.17, 15) is 4.39 Å². The van der Waals surface area contributed by atoms with Crippen LogP contribution in [-0.4, -0.2) is 4.98 Å². The van der Waals surface area contributed by atoms with E-state index in [2.05, 4.69) is 26.2 Å². The minimum Gasteiger partial charge on any atom is -0.340 e. The molecule has 0 bridgehead atoms. The average Bonchev–Trinajstić information content (AvgIpc) is 2.20. The molecule has 1 aromatic carbocycles. The van der Waals surface area contributed by atoms with E-state index < -0.39 is 0 Å². The molecule has 1 aromatic heterocycles. The predicted molar refractivity (Wildman–Crippen MR) is 66.6 cm³/mol. The van der Waals surface area contributed by atoms with Gasteiger partial charge in [0.15, 0.2) is 0 Å². The maximum atomic E-state index is 13.0. The summed E-state index contributed by atoms with van der Waals surface area (Å²) in [5.41, 5.74) is 0.569. The number of pyridine rings is 1. The fourth-order valence-corrected chi connectivity index (χ4v) is 1.68. The zero-order chi connectivity index (χ0) is 11.5. The Morgan fingerprint density at radius 2 is 2.06 bits per heavy atom. The Labute approximate surface area is 106 Å². The molecule has 0 spiro atoms. The number of hydrogen-bond acceptors (Lipinski definition) is 2. The van der Waals surface area contributed by atoms with Gasteiger partial charge in [0, 0.05) is 21.4 Å². The molecule has 2 rings (SSSR count). The van der Waals surface area contributed by atoms with Crippen molar-refractivity contribution in [2.45, 2.75) is 0 Å². The molecular formula is C11H7BrClFN2. The van der Waals surface area contributed by atoms with Crippen LogP contribution >= 0.6 is 27.5 Å². The molecule has 0 aliphatic rings. The van der Waals surface area contributed by atoms with Crippen molar-refractivity contribution in [3.8, 4) is 0 Å². The van der Waals surface area contributed by atoms with Gasteiger partial charge in [0.25, 0.3) is 0 Å². The van der Waals surface area contributed by atoms with E-state index in [-0.39, 0.29) is 5.82 Å². The summed E-state index contributed by atoms with van der Waals surface area (Å²) in [4.78, 5) is 4.11. The zero-order valence-electron chi connectivity index (χ0n) is 8.05. The third-order valence-electron chi connectivity index (χ3n) is 1.86. The third kappa shape index (κ3) is 2.93. The minimum atomic E-state index is -0.382. The molecule has 0 amide bonds. The van der Waals surface area contributed by atoms with Crippen LogP contribution < -0.4 is 5.32 Å². The highest BCUT2D eigenvalue weighted by molar-refractivity contribution is 9.10. The van der Waals surface area contributed by atoms with Gasteiger partial charge in [-0.3, -0.25) is 0 Å².